The Hall–Kier alpha value is -3.92. The molecular formula is C25H24O4. The fourth-order valence-electron chi connectivity index (χ4n) is 2.34. The van der Waals surface area contributed by atoms with E-state index in [2.05, 4.69) is 0 Å². The molecule has 4 aromatic rings. The third kappa shape index (κ3) is 7.69. The fourth-order valence-corrected chi connectivity index (χ4v) is 2.34. The van der Waals surface area contributed by atoms with E-state index in [0.29, 0.717) is 17.2 Å². The maximum atomic E-state index is 9.10. The van der Waals surface area contributed by atoms with E-state index in [9.17, 15) is 0 Å². The molecule has 0 radical (unpaired) electrons. The first-order valence-corrected chi connectivity index (χ1v) is 9.00. The van der Waals surface area contributed by atoms with Crippen LogP contribution in [0.5, 0.6) is 23.0 Å². The Balaban J connectivity index is 0.000000164. The van der Waals surface area contributed by atoms with Gasteiger partial charge in [-0.15, -0.1) is 0 Å². The van der Waals surface area contributed by atoms with Crippen molar-refractivity contribution >= 4 is 0 Å². The molecule has 0 heterocycles. The van der Waals surface area contributed by atoms with E-state index in [1.54, 1.807) is 60.7 Å². The molecule has 29 heavy (non-hydrogen) atoms. The van der Waals surface area contributed by atoms with Crippen LogP contribution in [0.4, 0.5) is 0 Å². The molecule has 0 aliphatic carbocycles. The Morgan fingerprint density at radius 1 is 0.483 bits per heavy atom. The van der Waals surface area contributed by atoms with Gasteiger partial charge in [-0.05, 0) is 47.5 Å². The lowest BCUT2D eigenvalue weighted by Crippen LogP contribution is -1.80. The molecule has 0 unspecified atom stereocenters. The molecule has 4 rings (SSSR count). The summed E-state index contributed by atoms with van der Waals surface area (Å²) in [5.74, 6) is 1.32. The van der Waals surface area contributed by atoms with Gasteiger partial charge < -0.3 is 20.1 Å². The van der Waals surface area contributed by atoms with Crippen LogP contribution in [0.25, 0.3) is 11.1 Å². The summed E-state index contributed by atoms with van der Waals surface area (Å²) in [4.78, 5) is 0. The second-order valence-corrected chi connectivity index (χ2v) is 5.92. The van der Waals surface area contributed by atoms with Gasteiger partial charge in [0.1, 0.15) is 11.5 Å². The molecule has 4 nitrogen and oxygen atoms in total. The first-order valence-electron chi connectivity index (χ1n) is 9.00. The predicted molar refractivity (Wildman–Crippen MR) is 116 cm³/mol. The van der Waals surface area contributed by atoms with Gasteiger partial charge in [0.05, 0.1) is 7.11 Å². The highest BCUT2D eigenvalue weighted by molar-refractivity contribution is 5.63. The number of hydrogen-bond acceptors (Lipinski definition) is 4. The molecule has 0 aromatic heterocycles. The summed E-state index contributed by atoms with van der Waals surface area (Å²) in [7, 11) is 1.52. The van der Waals surface area contributed by atoms with Crippen LogP contribution < -0.4 is 4.74 Å². The smallest absolute Gasteiger partial charge is 0.160 e. The summed E-state index contributed by atoms with van der Waals surface area (Å²) in [5.41, 5.74) is 2.29. The van der Waals surface area contributed by atoms with Crippen molar-refractivity contribution < 1.29 is 20.1 Å². The fraction of sp³-hybridized carbons (Fsp3) is 0.0400. The van der Waals surface area contributed by atoms with Crippen LogP contribution in [0, 0.1) is 0 Å². The lowest BCUT2D eigenvalue weighted by molar-refractivity contribution is 0.373. The Labute approximate surface area is 170 Å². The molecule has 4 aromatic carbocycles. The van der Waals surface area contributed by atoms with Crippen LogP contribution in [0.2, 0.25) is 0 Å². The summed E-state index contributed by atoms with van der Waals surface area (Å²) < 4.78 is 4.79. The number of aromatic hydroxyl groups is 3. The van der Waals surface area contributed by atoms with Gasteiger partial charge in [-0.2, -0.15) is 0 Å². The number of phenolic OH excluding ortho intramolecular Hbond substituents is 3. The van der Waals surface area contributed by atoms with Crippen molar-refractivity contribution in [1.82, 2.24) is 0 Å². The van der Waals surface area contributed by atoms with Crippen molar-refractivity contribution in [3.8, 4) is 34.1 Å². The van der Waals surface area contributed by atoms with Gasteiger partial charge in [-0.1, -0.05) is 72.8 Å². The number of ether oxygens (including phenoxy) is 1. The van der Waals surface area contributed by atoms with Gasteiger partial charge in [0.25, 0.3) is 0 Å². The monoisotopic (exact) mass is 388 g/mol. The van der Waals surface area contributed by atoms with E-state index < -0.39 is 0 Å². The summed E-state index contributed by atoms with van der Waals surface area (Å²) >= 11 is 0. The zero-order valence-electron chi connectivity index (χ0n) is 16.1. The Morgan fingerprint density at radius 2 is 0.931 bits per heavy atom. The van der Waals surface area contributed by atoms with E-state index in [4.69, 9.17) is 20.1 Å². The molecule has 0 saturated heterocycles. The lowest BCUT2D eigenvalue weighted by atomic mass is 10.1. The Kier molecular flexibility index (Phi) is 8.64. The Bertz CT molecular complexity index is 953. The standard InChI is InChI=1S/C12H10O.C7H8O2.C6H6O/c13-12-8-6-11(7-9-12)10-4-2-1-3-5-10;1-9-7-5-3-2-4-6(7)8;7-6-4-2-1-3-5-6/h1-9,13H;2-5,8H,1H3;1-5,7H. The average Bonchev–Trinajstić information content (AvgIpc) is 2.77. The molecule has 0 saturated carbocycles. The third-order valence-corrected chi connectivity index (χ3v) is 3.82. The lowest BCUT2D eigenvalue weighted by Gasteiger charge is -2.00. The summed E-state index contributed by atoms with van der Waals surface area (Å²) in [6.45, 7) is 0. The van der Waals surface area contributed by atoms with Crippen LogP contribution in [-0.4, -0.2) is 22.4 Å². The molecule has 148 valence electrons. The molecule has 0 aliphatic rings. The minimum atomic E-state index is 0.181. The number of phenols is 3. The minimum absolute atomic E-state index is 0.181. The maximum absolute atomic E-state index is 9.10. The van der Waals surface area contributed by atoms with E-state index >= 15 is 0 Å². The molecule has 0 atom stereocenters. The maximum Gasteiger partial charge on any atom is 0.160 e. The van der Waals surface area contributed by atoms with Crippen LogP contribution in [0.3, 0.4) is 0 Å². The molecular weight excluding hydrogens is 364 g/mol. The molecule has 0 amide bonds. The first kappa shape index (κ1) is 21.4. The normalized spacial score (nSPS) is 9.28. The molecule has 0 bridgehead atoms. The van der Waals surface area contributed by atoms with Gasteiger partial charge in [0.15, 0.2) is 11.5 Å². The summed E-state index contributed by atoms with van der Waals surface area (Å²) in [5, 5.41) is 26.7. The van der Waals surface area contributed by atoms with Gasteiger partial charge in [0.2, 0.25) is 0 Å². The largest absolute Gasteiger partial charge is 0.508 e. The molecule has 0 spiro atoms. The minimum Gasteiger partial charge on any atom is -0.508 e. The highest BCUT2D eigenvalue weighted by Gasteiger charge is 1.95. The van der Waals surface area contributed by atoms with Crippen molar-refractivity contribution in [2.24, 2.45) is 0 Å². The van der Waals surface area contributed by atoms with Crippen LogP contribution in [-0.2, 0) is 0 Å². The van der Waals surface area contributed by atoms with Crippen LogP contribution in [0.15, 0.2) is 109 Å². The van der Waals surface area contributed by atoms with Crippen molar-refractivity contribution in [3.63, 3.8) is 0 Å². The van der Waals surface area contributed by atoms with E-state index in [-0.39, 0.29) is 5.75 Å². The molecule has 4 heteroatoms. The topological polar surface area (TPSA) is 69.9 Å². The summed E-state index contributed by atoms with van der Waals surface area (Å²) in [6.07, 6.45) is 0. The molecule has 0 aliphatic heterocycles. The average molecular weight is 388 g/mol. The first-order chi connectivity index (χ1) is 14.1. The molecule has 0 fully saturated rings. The predicted octanol–water partition coefficient (Wildman–Crippen LogP) is 5.85. The highest BCUT2D eigenvalue weighted by atomic mass is 16.5. The van der Waals surface area contributed by atoms with Crippen molar-refractivity contribution in [3.05, 3.63) is 109 Å². The van der Waals surface area contributed by atoms with E-state index in [1.807, 2.05) is 48.5 Å². The summed E-state index contributed by atoms with van der Waals surface area (Å²) in [6, 6.07) is 32.8. The number of rotatable bonds is 2. The number of methoxy groups -OCH3 is 1. The highest BCUT2D eigenvalue weighted by Crippen LogP contribution is 2.23. The SMILES string of the molecule is COc1ccccc1O.Oc1ccc(-c2ccccc2)cc1.Oc1ccccc1. The van der Waals surface area contributed by atoms with Crippen molar-refractivity contribution in [2.45, 2.75) is 0 Å². The number of benzene rings is 4. The Morgan fingerprint density at radius 3 is 1.38 bits per heavy atom. The number of hydrogen-bond donors (Lipinski definition) is 3. The van der Waals surface area contributed by atoms with Crippen LogP contribution in [0.1, 0.15) is 0 Å². The van der Waals surface area contributed by atoms with Crippen molar-refractivity contribution in [2.75, 3.05) is 7.11 Å². The second-order valence-electron chi connectivity index (χ2n) is 5.92. The number of para-hydroxylation sites is 3. The van der Waals surface area contributed by atoms with Gasteiger partial charge in [0, 0.05) is 0 Å². The van der Waals surface area contributed by atoms with Gasteiger partial charge >= 0.3 is 0 Å². The van der Waals surface area contributed by atoms with E-state index in [1.165, 1.54) is 12.7 Å². The molecule has 3 N–H and O–H groups in total. The quantitative estimate of drug-likeness (QED) is 0.403. The third-order valence-electron chi connectivity index (χ3n) is 3.82. The van der Waals surface area contributed by atoms with Crippen molar-refractivity contribution in [1.29, 1.82) is 0 Å². The van der Waals surface area contributed by atoms with Gasteiger partial charge in [-0.25, -0.2) is 0 Å². The van der Waals surface area contributed by atoms with Gasteiger partial charge in [-0.3, -0.25) is 0 Å². The zero-order chi connectivity index (χ0) is 20.9. The van der Waals surface area contributed by atoms with E-state index in [0.717, 1.165) is 5.56 Å². The zero-order valence-corrected chi connectivity index (χ0v) is 16.1. The van der Waals surface area contributed by atoms with Crippen LogP contribution >= 0.6 is 0 Å². The second kappa shape index (κ2) is 11.7.